The fourth-order valence-electron chi connectivity index (χ4n) is 3.74. The third kappa shape index (κ3) is 30.2. The van der Waals surface area contributed by atoms with E-state index in [0.29, 0.717) is 19.3 Å². The molecule has 0 radical (unpaired) electrons. The maximum absolute atomic E-state index is 11.8. The Morgan fingerprint density at radius 2 is 1.05 bits per heavy atom. The van der Waals surface area contributed by atoms with Gasteiger partial charge in [0.2, 0.25) is 0 Å². The standard InChI is InChI=1S/C33H56O6/c1-3-4-5-6-16-20-23-26-32(36)38-28-31(35)29-39-33(37)27-24-21-18-15-13-11-9-7-8-10-12-14-17-19-22-25-30(2)34/h8-11,14-15,17-18,30-31,34-35H,3-7,12-13,16,19-29H2,1-2H3/b10-8-,11-9-,17-14-,18-15-/t30-,31+/m1/s1. The Kier molecular flexibility index (Phi) is 27.2. The molecule has 0 spiro atoms. The highest BCUT2D eigenvalue weighted by Crippen LogP contribution is 2.09. The van der Waals surface area contributed by atoms with Crippen LogP contribution in [-0.4, -0.2) is 47.6 Å². The SMILES string of the molecule is CCCCCCCCCC(=O)OC[C@H](O)COC(=O)CCC/C=C\C/C=C\C/C=C\C/C=C\CCC[C@@H](C)O. The molecule has 6 nitrogen and oxygen atoms in total. The van der Waals surface area contributed by atoms with Crippen LogP contribution in [0.3, 0.4) is 0 Å². The van der Waals surface area contributed by atoms with Crippen molar-refractivity contribution >= 4 is 11.9 Å². The van der Waals surface area contributed by atoms with Crippen LogP contribution in [0, 0.1) is 0 Å². The number of hydrogen-bond acceptors (Lipinski definition) is 6. The zero-order valence-electron chi connectivity index (χ0n) is 24.7. The molecule has 0 aliphatic carbocycles. The van der Waals surface area contributed by atoms with Crippen molar-refractivity contribution in [3.8, 4) is 0 Å². The molecule has 0 aromatic heterocycles. The second-order valence-corrected chi connectivity index (χ2v) is 10.2. The summed E-state index contributed by atoms with van der Waals surface area (Å²) in [5.41, 5.74) is 0. The average molecular weight is 549 g/mol. The van der Waals surface area contributed by atoms with E-state index in [1.165, 1.54) is 25.7 Å². The Balaban J connectivity index is 3.61. The molecular weight excluding hydrogens is 492 g/mol. The number of hydrogen-bond donors (Lipinski definition) is 2. The molecule has 0 aromatic rings. The van der Waals surface area contributed by atoms with Crippen LogP contribution in [0.2, 0.25) is 0 Å². The molecule has 2 N–H and O–H groups in total. The number of unbranched alkanes of at least 4 members (excludes halogenated alkanes) is 8. The van der Waals surface area contributed by atoms with Gasteiger partial charge in [-0.2, -0.15) is 0 Å². The molecule has 2 atom stereocenters. The van der Waals surface area contributed by atoms with Crippen molar-refractivity contribution in [3.05, 3.63) is 48.6 Å². The van der Waals surface area contributed by atoms with Crippen LogP contribution in [-0.2, 0) is 19.1 Å². The van der Waals surface area contributed by atoms with E-state index in [9.17, 15) is 19.8 Å². The second kappa shape index (κ2) is 28.8. The summed E-state index contributed by atoms with van der Waals surface area (Å²) in [5.74, 6) is -0.658. The van der Waals surface area contributed by atoms with Crippen LogP contribution < -0.4 is 0 Å². The Labute approximate surface area is 238 Å². The van der Waals surface area contributed by atoms with Gasteiger partial charge in [-0.15, -0.1) is 0 Å². The molecule has 6 heteroatoms. The number of carbonyl (C=O) groups is 2. The topological polar surface area (TPSA) is 93.1 Å². The summed E-state index contributed by atoms with van der Waals surface area (Å²) in [6, 6.07) is 0. The van der Waals surface area contributed by atoms with Crippen molar-refractivity contribution in [3.63, 3.8) is 0 Å². The van der Waals surface area contributed by atoms with Crippen molar-refractivity contribution in [2.75, 3.05) is 13.2 Å². The van der Waals surface area contributed by atoms with Gasteiger partial charge >= 0.3 is 11.9 Å². The highest BCUT2D eigenvalue weighted by atomic mass is 16.6. The highest BCUT2D eigenvalue weighted by Gasteiger charge is 2.11. The Morgan fingerprint density at radius 3 is 1.56 bits per heavy atom. The van der Waals surface area contributed by atoms with Crippen LogP contribution in [0.25, 0.3) is 0 Å². The normalized spacial score (nSPS) is 13.6. The van der Waals surface area contributed by atoms with Gasteiger partial charge in [0, 0.05) is 12.8 Å². The molecule has 0 saturated heterocycles. The van der Waals surface area contributed by atoms with Gasteiger partial charge in [0.05, 0.1) is 6.10 Å². The molecule has 0 aliphatic heterocycles. The number of allylic oxidation sites excluding steroid dienone is 8. The molecule has 224 valence electrons. The molecule has 0 rings (SSSR count). The van der Waals surface area contributed by atoms with Crippen LogP contribution in [0.15, 0.2) is 48.6 Å². The average Bonchev–Trinajstić information content (AvgIpc) is 2.91. The smallest absolute Gasteiger partial charge is 0.305 e. The maximum Gasteiger partial charge on any atom is 0.305 e. The number of carbonyl (C=O) groups excluding carboxylic acids is 2. The fraction of sp³-hybridized carbons (Fsp3) is 0.697. The first-order valence-corrected chi connectivity index (χ1v) is 15.2. The molecule has 0 unspecified atom stereocenters. The van der Waals surface area contributed by atoms with Crippen LogP contribution in [0.1, 0.15) is 123 Å². The maximum atomic E-state index is 11.8. The predicted octanol–water partition coefficient (Wildman–Crippen LogP) is 7.69. The third-order valence-corrected chi connectivity index (χ3v) is 6.09. The van der Waals surface area contributed by atoms with E-state index in [4.69, 9.17) is 9.47 Å². The van der Waals surface area contributed by atoms with E-state index in [-0.39, 0.29) is 31.3 Å². The molecular formula is C33H56O6. The van der Waals surface area contributed by atoms with E-state index in [1.54, 1.807) is 0 Å². The zero-order valence-corrected chi connectivity index (χ0v) is 24.7. The minimum atomic E-state index is -0.990. The van der Waals surface area contributed by atoms with E-state index in [0.717, 1.165) is 64.2 Å². The number of rotatable bonds is 26. The lowest BCUT2D eigenvalue weighted by molar-refractivity contribution is -0.152. The van der Waals surface area contributed by atoms with E-state index >= 15 is 0 Å². The quantitative estimate of drug-likeness (QED) is 0.0654. The first kappa shape index (κ1) is 36.8. The molecule has 0 aliphatic rings. The summed E-state index contributed by atoms with van der Waals surface area (Å²) in [4.78, 5) is 23.6. The van der Waals surface area contributed by atoms with Gasteiger partial charge < -0.3 is 19.7 Å². The molecule has 0 bridgehead atoms. The van der Waals surface area contributed by atoms with Crippen molar-refractivity contribution in [1.82, 2.24) is 0 Å². The van der Waals surface area contributed by atoms with Gasteiger partial charge in [-0.1, -0.05) is 94.1 Å². The minimum Gasteiger partial charge on any atom is -0.463 e. The highest BCUT2D eigenvalue weighted by molar-refractivity contribution is 5.69. The molecule has 0 aromatic carbocycles. The predicted molar refractivity (Wildman–Crippen MR) is 160 cm³/mol. The minimum absolute atomic E-state index is 0.142. The Hall–Kier alpha value is -2.18. The molecule has 39 heavy (non-hydrogen) atoms. The van der Waals surface area contributed by atoms with Crippen LogP contribution in [0.5, 0.6) is 0 Å². The lowest BCUT2D eigenvalue weighted by Gasteiger charge is -2.12. The summed E-state index contributed by atoms with van der Waals surface area (Å²) < 4.78 is 10.2. The Bertz CT molecular complexity index is 692. The summed E-state index contributed by atoms with van der Waals surface area (Å²) >= 11 is 0. The third-order valence-electron chi connectivity index (χ3n) is 6.09. The lowest BCUT2D eigenvalue weighted by atomic mass is 10.1. The fourth-order valence-corrected chi connectivity index (χ4v) is 3.74. The molecule has 0 saturated carbocycles. The largest absolute Gasteiger partial charge is 0.463 e. The number of esters is 2. The first-order chi connectivity index (χ1) is 19.0. The lowest BCUT2D eigenvalue weighted by Crippen LogP contribution is -2.25. The summed E-state index contributed by atoms with van der Waals surface area (Å²) in [6.07, 6.45) is 31.6. The van der Waals surface area contributed by atoms with E-state index in [1.807, 2.05) is 6.92 Å². The Morgan fingerprint density at radius 1 is 0.615 bits per heavy atom. The molecule has 0 heterocycles. The second-order valence-electron chi connectivity index (χ2n) is 10.2. The van der Waals surface area contributed by atoms with Crippen molar-refractivity contribution in [1.29, 1.82) is 0 Å². The monoisotopic (exact) mass is 548 g/mol. The van der Waals surface area contributed by atoms with Gasteiger partial charge in [-0.05, 0) is 64.7 Å². The first-order valence-electron chi connectivity index (χ1n) is 15.2. The summed E-state index contributed by atoms with van der Waals surface area (Å²) in [6.45, 7) is 3.72. The van der Waals surface area contributed by atoms with Crippen molar-refractivity contribution in [2.45, 2.75) is 135 Å². The van der Waals surface area contributed by atoms with E-state index < -0.39 is 6.10 Å². The van der Waals surface area contributed by atoms with Gasteiger partial charge in [-0.25, -0.2) is 0 Å². The van der Waals surface area contributed by atoms with Gasteiger partial charge in [-0.3, -0.25) is 9.59 Å². The van der Waals surface area contributed by atoms with Gasteiger partial charge in [0.1, 0.15) is 19.3 Å². The number of aliphatic hydroxyl groups is 2. The van der Waals surface area contributed by atoms with Crippen LogP contribution >= 0.6 is 0 Å². The zero-order chi connectivity index (χ0) is 28.8. The van der Waals surface area contributed by atoms with Gasteiger partial charge in [0.25, 0.3) is 0 Å². The van der Waals surface area contributed by atoms with Crippen LogP contribution in [0.4, 0.5) is 0 Å². The summed E-state index contributed by atoms with van der Waals surface area (Å²) in [7, 11) is 0. The van der Waals surface area contributed by atoms with E-state index in [2.05, 4.69) is 55.5 Å². The summed E-state index contributed by atoms with van der Waals surface area (Å²) in [5, 5.41) is 19.1. The van der Waals surface area contributed by atoms with Crippen molar-refractivity contribution < 1.29 is 29.3 Å². The number of ether oxygens (including phenoxy) is 2. The molecule has 0 fully saturated rings. The van der Waals surface area contributed by atoms with Gasteiger partial charge in [0.15, 0.2) is 0 Å². The van der Waals surface area contributed by atoms with Crippen molar-refractivity contribution in [2.24, 2.45) is 0 Å². The number of aliphatic hydroxyl groups excluding tert-OH is 2. The molecule has 0 amide bonds.